The number of hydrogen-bond donors (Lipinski definition) is 1. The molecule has 1 atom stereocenters. The summed E-state index contributed by atoms with van der Waals surface area (Å²) in [6, 6.07) is 9.83. The van der Waals surface area contributed by atoms with Gasteiger partial charge in [0.25, 0.3) is 5.91 Å². The maximum absolute atomic E-state index is 12.0. The zero-order chi connectivity index (χ0) is 13.2. The molecular weight excluding hydrogens is 240 g/mol. The number of amides is 1. The minimum Gasteiger partial charge on any atom is -0.347 e. The van der Waals surface area contributed by atoms with Crippen LogP contribution in [0, 0.1) is 5.92 Å². The van der Waals surface area contributed by atoms with Crippen LogP contribution in [-0.4, -0.2) is 26.7 Å². The summed E-state index contributed by atoms with van der Waals surface area (Å²) in [5, 5.41) is 7.15. The van der Waals surface area contributed by atoms with E-state index in [-0.39, 0.29) is 17.8 Å². The Hall–Kier alpha value is -2.17. The van der Waals surface area contributed by atoms with Gasteiger partial charge >= 0.3 is 0 Å². The summed E-state index contributed by atoms with van der Waals surface area (Å²) < 4.78 is 1.61. The Labute approximate surface area is 111 Å². The Morgan fingerprint density at radius 3 is 2.79 bits per heavy atom. The molecule has 5 nitrogen and oxygen atoms in total. The van der Waals surface area contributed by atoms with Crippen LogP contribution in [0.5, 0.6) is 0 Å². The third-order valence-electron chi connectivity index (χ3n) is 3.40. The van der Waals surface area contributed by atoms with Crippen LogP contribution < -0.4 is 5.32 Å². The van der Waals surface area contributed by atoms with Gasteiger partial charge in [-0.25, -0.2) is 9.67 Å². The molecule has 2 aromatic rings. The number of carbonyl (C=O) groups excluding carboxylic acids is 1. The van der Waals surface area contributed by atoms with Crippen molar-refractivity contribution in [1.29, 1.82) is 0 Å². The second-order valence-electron chi connectivity index (χ2n) is 4.95. The van der Waals surface area contributed by atoms with E-state index in [0.717, 1.165) is 5.69 Å². The van der Waals surface area contributed by atoms with E-state index in [0.29, 0.717) is 5.92 Å². The molecule has 1 aliphatic carbocycles. The van der Waals surface area contributed by atoms with E-state index in [1.165, 1.54) is 12.8 Å². The first kappa shape index (κ1) is 11.9. The van der Waals surface area contributed by atoms with Crippen LogP contribution in [0.15, 0.2) is 36.7 Å². The van der Waals surface area contributed by atoms with E-state index < -0.39 is 0 Å². The van der Waals surface area contributed by atoms with Crippen LogP contribution >= 0.6 is 0 Å². The molecule has 1 aromatic heterocycles. The second kappa shape index (κ2) is 4.84. The molecule has 98 valence electrons. The summed E-state index contributed by atoms with van der Waals surface area (Å²) >= 11 is 0. The van der Waals surface area contributed by atoms with Gasteiger partial charge in [0.2, 0.25) is 5.82 Å². The van der Waals surface area contributed by atoms with Gasteiger partial charge in [0.05, 0.1) is 5.69 Å². The first-order valence-corrected chi connectivity index (χ1v) is 6.52. The molecule has 1 N–H and O–H groups in total. The van der Waals surface area contributed by atoms with Crippen molar-refractivity contribution in [2.24, 2.45) is 5.92 Å². The number of nitrogens with zero attached hydrogens (tertiary/aromatic N) is 3. The van der Waals surface area contributed by atoms with E-state index in [2.05, 4.69) is 15.4 Å². The zero-order valence-electron chi connectivity index (χ0n) is 10.8. The molecule has 0 spiro atoms. The number of benzene rings is 1. The first-order chi connectivity index (χ1) is 9.24. The fourth-order valence-corrected chi connectivity index (χ4v) is 2.06. The summed E-state index contributed by atoms with van der Waals surface area (Å²) in [4.78, 5) is 16.0. The monoisotopic (exact) mass is 256 g/mol. The Kier molecular flexibility index (Phi) is 3.03. The molecule has 1 aromatic carbocycles. The highest BCUT2D eigenvalue weighted by Crippen LogP contribution is 2.32. The maximum Gasteiger partial charge on any atom is 0.291 e. The Bertz CT molecular complexity index is 574. The molecule has 1 unspecified atom stereocenters. The van der Waals surface area contributed by atoms with Crippen LogP contribution in [-0.2, 0) is 0 Å². The lowest BCUT2D eigenvalue weighted by Gasteiger charge is -2.10. The minimum absolute atomic E-state index is 0.200. The maximum atomic E-state index is 12.0. The van der Waals surface area contributed by atoms with Crippen molar-refractivity contribution in [2.75, 3.05) is 0 Å². The van der Waals surface area contributed by atoms with Crippen LogP contribution in [0.3, 0.4) is 0 Å². The van der Waals surface area contributed by atoms with E-state index in [9.17, 15) is 4.79 Å². The summed E-state index contributed by atoms with van der Waals surface area (Å²) in [6.45, 7) is 2.03. The third kappa shape index (κ3) is 2.65. The highest BCUT2D eigenvalue weighted by Gasteiger charge is 2.29. The smallest absolute Gasteiger partial charge is 0.291 e. The number of aromatic nitrogens is 3. The number of carbonyl (C=O) groups is 1. The van der Waals surface area contributed by atoms with Gasteiger partial charge in [-0.1, -0.05) is 18.2 Å². The molecule has 0 bridgehead atoms. The lowest BCUT2D eigenvalue weighted by molar-refractivity contribution is 0.0925. The van der Waals surface area contributed by atoms with Gasteiger partial charge in [-0.2, -0.15) is 0 Å². The van der Waals surface area contributed by atoms with Crippen LogP contribution in [0.1, 0.15) is 30.4 Å². The van der Waals surface area contributed by atoms with E-state index in [1.807, 2.05) is 37.3 Å². The fourth-order valence-electron chi connectivity index (χ4n) is 2.06. The molecule has 1 saturated carbocycles. The quantitative estimate of drug-likeness (QED) is 0.907. The van der Waals surface area contributed by atoms with E-state index in [1.54, 1.807) is 11.0 Å². The third-order valence-corrected chi connectivity index (χ3v) is 3.40. The summed E-state index contributed by atoms with van der Waals surface area (Å²) in [5.41, 5.74) is 0.893. The van der Waals surface area contributed by atoms with Crippen molar-refractivity contribution in [1.82, 2.24) is 20.1 Å². The van der Waals surface area contributed by atoms with Gasteiger partial charge in [-0.15, -0.1) is 5.10 Å². The lowest BCUT2D eigenvalue weighted by Crippen LogP contribution is -2.34. The summed E-state index contributed by atoms with van der Waals surface area (Å²) in [5.74, 6) is 0.644. The Morgan fingerprint density at radius 2 is 2.11 bits per heavy atom. The van der Waals surface area contributed by atoms with Crippen molar-refractivity contribution >= 4 is 5.91 Å². The average molecular weight is 256 g/mol. The van der Waals surface area contributed by atoms with Crippen molar-refractivity contribution in [3.8, 4) is 5.69 Å². The molecule has 1 heterocycles. The Morgan fingerprint density at radius 1 is 1.37 bits per heavy atom. The molecule has 0 saturated heterocycles. The van der Waals surface area contributed by atoms with Crippen LogP contribution in [0.4, 0.5) is 0 Å². The van der Waals surface area contributed by atoms with Crippen molar-refractivity contribution in [3.63, 3.8) is 0 Å². The molecule has 1 aliphatic rings. The van der Waals surface area contributed by atoms with Gasteiger partial charge in [-0.05, 0) is 37.8 Å². The Balaban J connectivity index is 1.72. The highest BCUT2D eigenvalue weighted by atomic mass is 16.2. The standard InChI is InChI=1S/C14H16N4O/c1-10(11-7-8-11)16-14(19)13-15-9-18(17-13)12-5-3-2-4-6-12/h2-6,9-11H,7-8H2,1H3,(H,16,19). The average Bonchev–Trinajstić information content (AvgIpc) is 3.17. The van der Waals surface area contributed by atoms with Gasteiger partial charge in [0.15, 0.2) is 0 Å². The summed E-state index contributed by atoms with van der Waals surface area (Å²) in [7, 11) is 0. The molecule has 0 radical (unpaired) electrons. The van der Waals surface area contributed by atoms with Gasteiger partial charge in [0, 0.05) is 6.04 Å². The normalized spacial score (nSPS) is 16.1. The topological polar surface area (TPSA) is 59.8 Å². The van der Waals surface area contributed by atoms with Crippen LogP contribution in [0.25, 0.3) is 5.69 Å². The van der Waals surface area contributed by atoms with Crippen LogP contribution in [0.2, 0.25) is 0 Å². The molecular formula is C14H16N4O. The SMILES string of the molecule is CC(NC(=O)c1ncn(-c2ccccc2)n1)C1CC1. The van der Waals surface area contributed by atoms with Crippen molar-refractivity contribution < 1.29 is 4.79 Å². The predicted octanol–water partition coefficient (Wildman–Crippen LogP) is 1.80. The lowest BCUT2D eigenvalue weighted by atomic mass is 10.2. The summed E-state index contributed by atoms with van der Waals surface area (Å²) in [6.07, 6.45) is 3.96. The zero-order valence-corrected chi connectivity index (χ0v) is 10.8. The van der Waals surface area contributed by atoms with Gasteiger partial charge in [0.1, 0.15) is 6.33 Å². The highest BCUT2D eigenvalue weighted by molar-refractivity contribution is 5.90. The number of para-hydroxylation sites is 1. The fraction of sp³-hybridized carbons (Fsp3) is 0.357. The number of nitrogens with one attached hydrogen (secondary N) is 1. The molecule has 19 heavy (non-hydrogen) atoms. The predicted molar refractivity (Wildman–Crippen MR) is 71.0 cm³/mol. The van der Waals surface area contributed by atoms with Crippen molar-refractivity contribution in [3.05, 3.63) is 42.5 Å². The molecule has 3 rings (SSSR count). The molecule has 1 fully saturated rings. The number of rotatable bonds is 4. The van der Waals surface area contributed by atoms with E-state index in [4.69, 9.17) is 0 Å². The second-order valence-corrected chi connectivity index (χ2v) is 4.95. The largest absolute Gasteiger partial charge is 0.347 e. The minimum atomic E-state index is -0.200. The number of hydrogen-bond acceptors (Lipinski definition) is 3. The van der Waals surface area contributed by atoms with Crippen molar-refractivity contribution in [2.45, 2.75) is 25.8 Å². The van der Waals surface area contributed by atoms with Gasteiger partial charge < -0.3 is 5.32 Å². The first-order valence-electron chi connectivity index (χ1n) is 6.52. The molecule has 5 heteroatoms. The molecule has 0 aliphatic heterocycles. The molecule has 1 amide bonds. The van der Waals surface area contributed by atoms with Gasteiger partial charge in [-0.3, -0.25) is 4.79 Å². The van der Waals surface area contributed by atoms with E-state index >= 15 is 0 Å².